The Hall–Kier alpha value is -0.660. The molecule has 0 aromatic rings. The highest BCUT2D eigenvalue weighted by atomic mass is 16.6. The SMILES string of the molecule is [CH2]COCCOCCOCCOCCOCCOC=C. The van der Waals surface area contributed by atoms with Crippen LogP contribution in [-0.2, 0) is 28.4 Å². The van der Waals surface area contributed by atoms with E-state index in [-0.39, 0.29) is 0 Å². The Labute approximate surface area is 121 Å². The summed E-state index contributed by atoms with van der Waals surface area (Å²) < 4.78 is 31.1. The van der Waals surface area contributed by atoms with Gasteiger partial charge in [0.05, 0.1) is 65.7 Å². The van der Waals surface area contributed by atoms with E-state index in [1.54, 1.807) is 0 Å². The molecule has 0 aliphatic carbocycles. The van der Waals surface area contributed by atoms with Crippen molar-refractivity contribution >= 4 is 0 Å². The van der Waals surface area contributed by atoms with Crippen molar-refractivity contribution in [2.24, 2.45) is 0 Å². The standard InChI is InChI=1S/C14H27O6/c1-3-15-5-7-17-9-11-19-13-14-20-12-10-18-8-6-16-4-2/h3H,1-2,4-14H2. The summed E-state index contributed by atoms with van der Waals surface area (Å²) in [6.07, 6.45) is 1.40. The first-order chi connectivity index (χ1) is 9.91. The Morgan fingerprint density at radius 1 is 0.550 bits per heavy atom. The fraction of sp³-hybridized carbons (Fsp3) is 0.786. The second kappa shape index (κ2) is 18.3. The zero-order valence-electron chi connectivity index (χ0n) is 12.2. The summed E-state index contributed by atoms with van der Waals surface area (Å²) in [7, 11) is 0. The van der Waals surface area contributed by atoms with Gasteiger partial charge in [0.15, 0.2) is 0 Å². The van der Waals surface area contributed by atoms with E-state index in [0.29, 0.717) is 72.7 Å². The Balaban J connectivity index is 2.90. The highest BCUT2D eigenvalue weighted by Crippen LogP contribution is 1.84. The van der Waals surface area contributed by atoms with Gasteiger partial charge in [-0.15, -0.1) is 0 Å². The Kier molecular flexibility index (Phi) is 17.7. The summed E-state index contributed by atoms with van der Waals surface area (Å²) in [5.41, 5.74) is 0. The molecule has 0 bridgehead atoms. The fourth-order valence-corrected chi connectivity index (χ4v) is 1.17. The molecular weight excluding hydrogens is 264 g/mol. The lowest BCUT2D eigenvalue weighted by Crippen LogP contribution is -2.13. The van der Waals surface area contributed by atoms with Crippen LogP contribution in [0.3, 0.4) is 0 Å². The monoisotopic (exact) mass is 291 g/mol. The maximum atomic E-state index is 5.32. The van der Waals surface area contributed by atoms with Gasteiger partial charge < -0.3 is 28.4 Å². The molecule has 0 saturated heterocycles. The van der Waals surface area contributed by atoms with Crippen LogP contribution in [0.4, 0.5) is 0 Å². The first-order valence-electron chi connectivity index (χ1n) is 6.82. The largest absolute Gasteiger partial charge is 0.499 e. The predicted molar refractivity (Wildman–Crippen MR) is 75.6 cm³/mol. The third kappa shape index (κ3) is 17.3. The Morgan fingerprint density at radius 3 is 1.25 bits per heavy atom. The summed E-state index contributed by atoms with van der Waals surface area (Å²) in [6, 6.07) is 0. The second-order valence-electron chi connectivity index (χ2n) is 3.60. The van der Waals surface area contributed by atoms with Gasteiger partial charge in [0, 0.05) is 6.61 Å². The summed E-state index contributed by atoms with van der Waals surface area (Å²) in [6.45, 7) is 13.0. The van der Waals surface area contributed by atoms with E-state index in [4.69, 9.17) is 28.4 Å². The van der Waals surface area contributed by atoms with Gasteiger partial charge in [0.25, 0.3) is 0 Å². The van der Waals surface area contributed by atoms with Crippen LogP contribution in [-0.4, -0.2) is 72.7 Å². The smallest absolute Gasteiger partial charge is 0.111 e. The van der Waals surface area contributed by atoms with E-state index >= 15 is 0 Å². The molecule has 0 N–H and O–H groups in total. The van der Waals surface area contributed by atoms with Gasteiger partial charge in [-0.1, -0.05) is 6.58 Å². The average molecular weight is 291 g/mol. The summed E-state index contributed by atoms with van der Waals surface area (Å²) >= 11 is 0. The summed E-state index contributed by atoms with van der Waals surface area (Å²) in [4.78, 5) is 0. The number of hydrogen-bond acceptors (Lipinski definition) is 6. The molecule has 0 unspecified atom stereocenters. The first-order valence-corrected chi connectivity index (χ1v) is 6.82. The molecule has 0 amide bonds. The topological polar surface area (TPSA) is 55.4 Å². The van der Waals surface area contributed by atoms with Gasteiger partial charge in [-0.25, -0.2) is 0 Å². The van der Waals surface area contributed by atoms with E-state index in [2.05, 4.69) is 13.5 Å². The molecule has 0 saturated carbocycles. The zero-order chi connectivity index (χ0) is 14.7. The minimum atomic E-state index is 0.474. The van der Waals surface area contributed by atoms with E-state index in [9.17, 15) is 0 Å². The number of ether oxygens (including phenoxy) is 6. The molecule has 20 heavy (non-hydrogen) atoms. The van der Waals surface area contributed by atoms with Crippen molar-refractivity contribution < 1.29 is 28.4 Å². The molecule has 119 valence electrons. The molecule has 1 radical (unpaired) electrons. The van der Waals surface area contributed by atoms with Crippen LogP contribution in [0.2, 0.25) is 0 Å². The molecule has 0 fully saturated rings. The third-order valence-electron chi connectivity index (χ3n) is 2.10. The zero-order valence-corrected chi connectivity index (χ0v) is 12.2. The van der Waals surface area contributed by atoms with Gasteiger partial charge in [-0.3, -0.25) is 0 Å². The number of hydrogen-bond donors (Lipinski definition) is 0. The van der Waals surface area contributed by atoms with Crippen molar-refractivity contribution in [1.29, 1.82) is 0 Å². The van der Waals surface area contributed by atoms with Gasteiger partial charge in [-0.05, 0) is 6.92 Å². The van der Waals surface area contributed by atoms with Crippen LogP contribution in [0.1, 0.15) is 0 Å². The third-order valence-corrected chi connectivity index (χ3v) is 2.10. The quantitative estimate of drug-likeness (QED) is 0.295. The Bertz CT molecular complexity index is 189. The lowest BCUT2D eigenvalue weighted by atomic mass is 10.7. The maximum absolute atomic E-state index is 5.32. The molecule has 0 spiro atoms. The lowest BCUT2D eigenvalue weighted by molar-refractivity contribution is -0.0123. The van der Waals surface area contributed by atoms with E-state index < -0.39 is 0 Å². The van der Waals surface area contributed by atoms with Gasteiger partial charge >= 0.3 is 0 Å². The molecule has 0 aliphatic rings. The van der Waals surface area contributed by atoms with Crippen LogP contribution >= 0.6 is 0 Å². The van der Waals surface area contributed by atoms with Crippen molar-refractivity contribution in [3.63, 3.8) is 0 Å². The van der Waals surface area contributed by atoms with Crippen molar-refractivity contribution in [3.8, 4) is 0 Å². The molecular formula is C14H27O6. The average Bonchev–Trinajstić information content (AvgIpc) is 2.47. The van der Waals surface area contributed by atoms with Crippen LogP contribution in [0.15, 0.2) is 12.8 Å². The second-order valence-corrected chi connectivity index (χ2v) is 3.60. The first kappa shape index (κ1) is 19.3. The molecule has 0 atom stereocenters. The van der Waals surface area contributed by atoms with E-state index in [1.165, 1.54) is 6.26 Å². The molecule has 0 aliphatic heterocycles. The van der Waals surface area contributed by atoms with E-state index in [0.717, 1.165) is 0 Å². The van der Waals surface area contributed by atoms with Crippen molar-refractivity contribution in [3.05, 3.63) is 19.8 Å². The van der Waals surface area contributed by atoms with Gasteiger partial charge in [0.2, 0.25) is 0 Å². The highest BCUT2D eigenvalue weighted by molar-refractivity contribution is 4.47. The van der Waals surface area contributed by atoms with Crippen molar-refractivity contribution in [1.82, 2.24) is 0 Å². The molecule has 6 heteroatoms. The van der Waals surface area contributed by atoms with Gasteiger partial charge in [-0.2, -0.15) is 0 Å². The van der Waals surface area contributed by atoms with Crippen LogP contribution < -0.4 is 0 Å². The van der Waals surface area contributed by atoms with Crippen LogP contribution in [0, 0.1) is 6.92 Å². The van der Waals surface area contributed by atoms with Crippen LogP contribution in [0.25, 0.3) is 0 Å². The maximum Gasteiger partial charge on any atom is 0.111 e. The highest BCUT2D eigenvalue weighted by Gasteiger charge is 1.92. The number of rotatable bonds is 17. The minimum absolute atomic E-state index is 0.474. The predicted octanol–water partition coefficient (Wildman–Crippen LogP) is 1.06. The molecule has 0 heterocycles. The van der Waals surface area contributed by atoms with Crippen LogP contribution in [0.5, 0.6) is 0 Å². The fourth-order valence-electron chi connectivity index (χ4n) is 1.17. The minimum Gasteiger partial charge on any atom is -0.499 e. The van der Waals surface area contributed by atoms with E-state index in [1.807, 2.05) is 0 Å². The van der Waals surface area contributed by atoms with Gasteiger partial charge in [0.1, 0.15) is 6.61 Å². The normalized spacial score (nSPS) is 10.7. The summed E-state index contributed by atoms with van der Waals surface area (Å²) in [5, 5.41) is 0. The van der Waals surface area contributed by atoms with Crippen molar-refractivity contribution in [2.45, 2.75) is 0 Å². The summed E-state index contributed by atoms with van der Waals surface area (Å²) in [5.74, 6) is 0. The van der Waals surface area contributed by atoms with Crippen molar-refractivity contribution in [2.75, 3.05) is 72.7 Å². The molecule has 0 aromatic heterocycles. The lowest BCUT2D eigenvalue weighted by Gasteiger charge is -2.07. The molecule has 0 rings (SSSR count). The molecule has 0 aromatic carbocycles. The Morgan fingerprint density at radius 2 is 0.900 bits per heavy atom. The molecule has 6 nitrogen and oxygen atoms in total.